The fraction of sp³-hybridized carbons (Fsp3) is 0.143. The van der Waals surface area contributed by atoms with Crippen LogP contribution in [0.25, 0.3) is 0 Å². The molecule has 92 valence electrons. The molecule has 0 fully saturated rings. The Bertz CT molecular complexity index is 553. The van der Waals surface area contributed by atoms with Gasteiger partial charge in [-0.15, -0.1) is 0 Å². The first kappa shape index (κ1) is 12.1. The van der Waals surface area contributed by atoms with E-state index >= 15 is 0 Å². The van der Waals surface area contributed by atoms with Gasteiger partial charge in [0.2, 0.25) is 0 Å². The number of ether oxygens (including phenoxy) is 1. The van der Waals surface area contributed by atoms with Gasteiger partial charge in [0.1, 0.15) is 6.61 Å². The van der Waals surface area contributed by atoms with Gasteiger partial charge in [0.25, 0.3) is 0 Å². The van der Waals surface area contributed by atoms with E-state index in [4.69, 9.17) is 10.5 Å². The second-order valence-electron chi connectivity index (χ2n) is 3.97. The van der Waals surface area contributed by atoms with Crippen molar-refractivity contribution in [2.45, 2.75) is 13.5 Å². The summed E-state index contributed by atoms with van der Waals surface area (Å²) in [7, 11) is 0. The van der Waals surface area contributed by atoms with Gasteiger partial charge in [0.05, 0.1) is 11.3 Å². The molecular formula is C14H14N2O2. The monoisotopic (exact) mass is 242 g/mol. The van der Waals surface area contributed by atoms with Crippen molar-refractivity contribution in [1.82, 2.24) is 4.98 Å². The van der Waals surface area contributed by atoms with Crippen LogP contribution in [-0.2, 0) is 11.3 Å². The summed E-state index contributed by atoms with van der Waals surface area (Å²) in [4.78, 5) is 15.9. The summed E-state index contributed by atoms with van der Waals surface area (Å²) in [6.45, 7) is 2.02. The van der Waals surface area contributed by atoms with Gasteiger partial charge in [0, 0.05) is 11.9 Å². The lowest BCUT2D eigenvalue weighted by Gasteiger charge is -2.06. The minimum atomic E-state index is -0.372. The molecule has 0 spiro atoms. The third-order valence-corrected chi connectivity index (χ3v) is 2.58. The first-order chi connectivity index (χ1) is 8.66. The molecule has 2 rings (SSSR count). The Balaban J connectivity index is 2.02. The number of carbonyl (C=O) groups is 1. The van der Waals surface area contributed by atoms with E-state index in [0.717, 1.165) is 11.3 Å². The Morgan fingerprint density at radius 3 is 2.83 bits per heavy atom. The Morgan fingerprint density at radius 2 is 2.17 bits per heavy atom. The van der Waals surface area contributed by atoms with E-state index in [-0.39, 0.29) is 12.6 Å². The molecule has 0 amide bonds. The third-order valence-electron chi connectivity index (χ3n) is 2.58. The summed E-state index contributed by atoms with van der Waals surface area (Å²) in [5, 5.41) is 0. The number of anilines is 1. The fourth-order valence-electron chi connectivity index (χ4n) is 1.51. The lowest BCUT2D eigenvalue weighted by atomic mass is 10.1. The zero-order valence-electron chi connectivity index (χ0n) is 10.1. The largest absolute Gasteiger partial charge is 0.456 e. The summed E-state index contributed by atoms with van der Waals surface area (Å²) >= 11 is 0. The molecule has 0 saturated heterocycles. The van der Waals surface area contributed by atoms with Crippen molar-refractivity contribution in [3.8, 4) is 0 Å². The van der Waals surface area contributed by atoms with E-state index in [1.54, 1.807) is 24.4 Å². The maximum absolute atomic E-state index is 11.8. The van der Waals surface area contributed by atoms with Gasteiger partial charge in [-0.2, -0.15) is 0 Å². The van der Waals surface area contributed by atoms with Crippen molar-refractivity contribution in [3.05, 3.63) is 59.4 Å². The van der Waals surface area contributed by atoms with Crippen LogP contribution >= 0.6 is 0 Å². The molecule has 4 nitrogen and oxygen atoms in total. The molecule has 0 unspecified atom stereocenters. The number of aryl methyl sites for hydroxylation is 1. The standard InChI is InChI=1S/C14H14N2O2/c1-10-8-11(5-6-13(10)15)14(17)18-9-12-4-2-3-7-16-12/h2-8H,9,15H2,1H3. The van der Waals surface area contributed by atoms with Crippen LogP contribution in [0.2, 0.25) is 0 Å². The Morgan fingerprint density at radius 1 is 1.33 bits per heavy atom. The summed E-state index contributed by atoms with van der Waals surface area (Å²) in [5.41, 5.74) is 8.44. The fourth-order valence-corrected chi connectivity index (χ4v) is 1.51. The molecule has 0 aliphatic carbocycles. The maximum Gasteiger partial charge on any atom is 0.338 e. The molecule has 0 saturated carbocycles. The van der Waals surface area contributed by atoms with E-state index in [2.05, 4.69) is 4.98 Å². The highest BCUT2D eigenvalue weighted by Gasteiger charge is 2.08. The number of aromatic nitrogens is 1. The summed E-state index contributed by atoms with van der Waals surface area (Å²) in [6, 6.07) is 10.5. The quantitative estimate of drug-likeness (QED) is 0.662. The molecule has 1 heterocycles. The molecule has 4 heteroatoms. The van der Waals surface area contributed by atoms with Crippen LogP contribution in [0.1, 0.15) is 21.6 Å². The smallest absolute Gasteiger partial charge is 0.338 e. The van der Waals surface area contributed by atoms with E-state index in [0.29, 0.717) is 11.3 Å². The van der Waals surface area contributed by atoms with Crippen molar-refractivity contribution in [1.29, 1.82) is 0 Å². The van der Waals surface area contributed by atoms with Gasteiger partial charge in [-0.3, -0.25) is 4.98 Å². The van der Waals surface area contributed by atoms with Gasteiger partial charge in [-0.05, 0) is 42.8 Å². The van der Waals surface area contributed by atoms with Gasteiger partial charge in [0.15, 0.2) is 0 Å². The minimum absolute atomic E-state index is 0.170. The van der Waals surface area contributed by atoms with E-state index in [1.807, 2.05) is 25.1 Å². The average molecular weight is 242 g/mol. The molecule has 1 aromatic heterocycles. The number of esters is 1. The van der Waals surface area contributed by atoms with Crippen molar-refractivity contribution < 1.29 is 9.53 Å². The molecule has 2 aromatic rings. The number of carbonyl (C=O) groups excluding carboxylic acids is 1. The molecule has 2 N–H and O–H groups in total. The van der Waals surface area contributed by atoms with Crippen molar-refractivity contribution in [2.75, 3.05) is 5.73 Å². The average Bonchev–Trinajstić information content (AvgIpc) is 2.40. The van der Waals surface area contributed by atoms with Crippen LogP contribution < -0.4 is 5.73 Å². The Kier molecular flexibility index (Phi) is 3.57. The first-order valence-corrected chi connectivity index (χ1v) is 5.60. The second kappa shape index (κ2) is 5.31. The molecule has 0 aliphatic heterocycles. The number of pyridine rings is 1. The van der Waals surface area contributed by atoms with Crippen LogP contribution in [-0.4, -0.2) is 11.0 Å². The molecule has 18 heavy (non-hydrogen) atoms. The molecule has 0 bridgehead atoms. The van der Waals surface area contributed by atoms with Crippen LogP contribution in [0.4, 0.5) is 5.69 Å². The van der Waals surface area contributed by atoms with E-state index in [9.17, 15) is 4.79 Å². The van der Waals surface area contributed by atoms with Gasteiger partial charge >= 0.3 is 5.97 Å². The number of hydrogen-bond donors (Lipinski definition) is 1. The van der Waals surface area contributed by atoms with Crippen LogP contribution in [0, 0.1) is 6.92 Å². The number of benzene rings is 1. The lowest BCUT2D eigenvalue weighted by molar-refractivity contribution is 0.0467. The topological polar surface area (TPSA) is 65.2 Å². The lowest BCUT2D eigenvalue weighted by Crippen LogP contribution is -2.06. The molecule has 0 atom stereocenters. The molecule has 0 radical (unpaired) electrons. The van der Waals surface area contributed by atoms with Gasteiger partial charge in [-0.25, -0.2) is 4.79 Å². The first-order valence-electron chi connectivity index (χ1n) is 5.60. The van der Waals surface area contributed by atoms with E-state index in [1.165, 1.54) is 0 Å². The highest BCUT2D eigenvalue weighted by Crippen LogP contribution is 2.13. The molecular weight excluding hydrogens is 228 g/mol. The number of nitrogens with two attached hydrogens (primary N) is 1. The zero-order valence-corrected chi connectivity index (χ0v) is 10.1. The summed E-state index contributed by atoms with van der Waals surface area (Å²) in [6.07, 6.45) is 1.66. The predicted octanol–water partition coefficient (Wildman–Crippen LogP) is 2.33. The highest BCUT2D eigenvalue weighted by atomic mass is 16.5. The molecule has 0 aliphatic rings. The minimum Gasteiger partial charge on any atom is -0.456 e. The maximum atomic E-state index is 11.8. The SMILES string of the molecule is Cc1cc(C(=O)OCc2ccccn2)ccc1N. The summed E-state index contributed by atoms with van der Waals surface area (Å²) in [5.74, 6) is -0.372. The summed E-state index contributed by atoms with van der Waals surface area (Å²) < 4.78 is 5.17. The van der Waals surface area contributed by atoms with Crippen molar-refractivity contribution >= 4 is 11.7 Å². The highest BCUT2D eigenvalue weighted by molar-refractivity contribution is 5.90. The van der Waals surface area contributed by atoms with Crippen LogP contribution in [0.15, 0.2) is 42.6 Å². The van der Waals surface area contributed by atoms with E-state index < -0.39 is 0 Å². The Hall–Kier alpha value is -2.36. The van der Waals surface area contributed by atoms with Crippen LogP contribution in [0.5, 0.6) is 0 Å². The van der Waals surface area contributed by atoms with Crippen molar-refractivity contribution in [3.63, 3.8) is 0 Å². The van der Waals surface area contributed by atoms with Crippen LogP contribution in [0.3, 0.4) is 0 Å². The zero-order chi connectivity index (χ0) is 13.0. The number of hydrogen-bond acceptors (Lipinski definition) is 4. The van der Waals surface area contributed by atoms with Gasteiger partial charge < -0.3 is 10.5 Å². The molecule has 1 aromatic carbocycles. The Labute approximate surface area is 105 Å². The predicted molar refractivity (Wildman–Crippen MR) is 68.9 cm³/mol. The second-order valence-corrected chi connectivity index (χ2v) is 3.97. The van der Waals surface area contributed by atoms with Gasteiger partial charge in [-0.1, -0.05) is 6.07 Å². The van der Waals surface area contributed by atoms with Crippen molar-refractivity contribution in [2.24, 2.45) is 0 Å². The number of nitrogens with zero attached hydrogens (tertiary/aromatic N) is 1. The number of nitrogen functional groups attached to an aromatic ring is 1. The normalized spacial score (nSPS) is 10.1. The number of rotatable bonds is 3. The third kappa shape index (κ3) is 2.85.